The number of carbonyl (C=O) groups excluding carboxylic acids is 1. The number of H-pyrrole nitrogens is 1. The van der Waals surface area contributed by atoms with Gasteiger partial charge >= 0.3 is 5.97 Å². The Bertz CT molecular complexity index is 600. The number of rotatable bonds is 6. The molecule has 1 aromatic carbocycles. The molecule has 0 aliphatic carbocycles. The van der Waals surface area contributed by atoms with Crippen molar-refractivity contribution in [2.45, 2.75) is 13.0 Å². The second-order valence-corrected chi connectivity index (χ2v) is 4.54. The summed E-state index contributed by atoms with van der Waals surface area (Å²) in [5.74, 6) is -0.123. The van der Waals surface area contributed by atoms with E-state index >= 15 is 0 Å². The van der Waals surface area contributed by atoms with Gasteiger partial charge in [0.25, 0.3) is 0 Å². The lowest BCUT2D eigenvalue weighted by Gasteiger charge is -2.09. The standard InChI is InChI=1S/C13H16ClN3O3/c1-2-20-13(19)12-16-10-4-3-8(5-11(10)17-12)15-7-9(18)6-14/h3-5,9,15,18H,2,6-7H2,1H3,(H,16,17). The van der Waals surface area contributed by atoms with Crippen LogP contribution in [0.2, 0.25) is 0 Å². The van der Waals surface area contributed by atoms with Gasteiger partial charge in [0.1, 0.15) is 0 Å². The number of hydrogen-bond donors (Lipinski definition) is 3. The number of aromatic amines is 1. The molecule has 0 aliphatic rings. The van der Waals surface area contributed by atoms with Crippen molar-refractivity contribution >= 4 is 34.3 Å². The van der Waals surface area contributed by atoms with Crippen LogP contribution in [-0.2, 0) is 4.74 Å². The van der Waals surface area contributed by atoms with Crippen LogP contribution >= 0.6 is 11.6 Å². The van der Waals surface area contributed by atoms with Crippen molar-refractivity contribution in [2.24, 2.45) is 0 Å². The minimum atomic E-state index is -0.607. The molecule has 0 amide bonds. The summed E-state index contributed by atoms with van der Waals surface area (Å²) in [6, 6.07) is 5.41. The van der Waals surface area contributed by atoms with E-state index < -0.39 is 12.1 Å². The molecule has 0 bridgehead atoms. The van der Waals surface area contributed by atoms with Gasteiger partial charge in [-0.05, 0) is 25.1 Å². The van der Waals surface area contributed by atoms with Crippen molar-refractivity contribution < 1.29 is 14.6 Å². The first-order valence-electron chi connectivity index (χ1n) is 6.28. The number of carbonyl (C=O) groups is 1. The maximum Gasteiger partial charge on any atom is 0.374 e. The highest BCUT2D eigenvalue weighted by Crippen LogP contribution is 2.17. The third kappa shape index (κ3) is 3.40. The molecular formula is C13H16ClN3O3. The Balaban J connectivity index is 2.15. The van der Waals surface area contributed by atoms with Crippen LogP contribution in [0.25, 0.3) is 11.0 Å². The van der Waals surface area contributed by atoms with E-state index in [1.54, 1.807) is 13.0 Å². The van der Waals surface area contributed by atoms with Gasteiger partial charge < -0.3 is 20.1 Å². The van der Waals surface area contributed by atoms with Gasteiger partial charge in [0.15, 0.2) is 0 Å². The lowest BCUT2D eigenvalue weighted by Crippen LogP contribution is -2.20. The fourth-order valence-corrected chi connectivity index (χ4v) is 1.82. The number of anilines is 1. The van der Waals surface area contributed by atoms with Crippen molar-refractivity contribution in [2.75, 3.05) is 24.3 Å². The monoisotopic (exact) mass is 297 g/mol. The highest BCUT2D eigenvalue weighted by molar-refractivity contribution is 6.18. The van der Waals surface area contributed by atoms with Crippen LogP contribution in [-0.4, -0.2) is 46.2 Å². The number of hydrogen-bond acceptors (Lipinski definition) is 5. The van der Waals surface area contributed by atoms with Gasteiger partial charge in [-0.1, -0.05) is 0 Å². The number of nitrogens with zero attached hydrogens (tertiary/aromatic N) is 1. The normalized spacial score (nSPS) is 12.3. The summed E-state index contributed by atoms with van der Waals surface area (Å²) < 4.78 is 4.89. The molecule has 0 fully saturated rings. The largest absolute Gasteiger partial charge is 0.460 e. The molecule has 108 valence electrons. The van der Waals surface area contributed by atoms with E-state index in [2.05, 4.69) is 15.3 Å². The molecule has 1 heterocycles. The predicted molar refractivity (Wildman–Crippen MR) is 77.3 cm³/mol. The van der Waals surface area contributed by atoms with E-state index in [0.29, 0.717) is 18.7 Å². The van der Waals surface area contributed by atoms with Crippen molar-refractivity contribution in [3.8, 4) is 0 Å². The SMILES string of the molecule is CCOC(=O)c1nc2ccc(NCC(O)CCl)cc2[nH]1. The molecule has 1 atom stereocenters. The summed E-state index contributed by atoms with van der Waals surface area (Å²) >= 11 is 5.52. The lowest BCUT2D eigenvalue weighted by atomic mass is 10.2. The second-order valence-electron chi connectivity index (χ2n) is 4.23. The summed E-state index contributed by atoms with van der Waals surface area (Å²) in [6.07, 6.45) is -0.607. The summed E-state index contributed by atoms with van der Waals surface area (Å²) in [7, 11) is 0. The zero-order valence-electron chi connectivity index (χ0n) is 11.0. The number of ether oxygens (including phenoxy) is 1. The first kappa shape index (κ1) is 14.6. The summed E-state index contributed by atoms with van der Waals surface area (Å²) in [4.78, 5) is 18.6. The Morgan fingerprint density at radius 2 is 2.40 bits per heavy atom. The van der Waals surface area contributed by atoms with Crippen LogP contribution in [0.4, 0.5) is 5.69 Å². The van der Waals surface area contributed by atoms with Crippen LogP contribution in [0.1, 0.15) is 17.5 Å². The van der Waals surface area contributed by atoms with Crippen LogP contribution in [0, 0.1) is 0 Å². The molecule has 7 heteroatoms. The number of esters is 1. The Morgan fingerprint density at radius 3 is 3.10 bits per heavy atom. The quantitative estimate of drug-likeness (QED) is 0.558. The van der Waals surface area contributed by atoms with E-state index in [1.807, 2.05) is 12.1 Å². The van der Waals surface area contributed by atoms with Gasteiger partial charge in [-0.25, -0.2) is 9.78 Å². The van der Waals surface area contributed by atoms with E-state index in [9.17, 15) is 9.90 Å². The lowest BCUT2D eigenvalue weighted by molar-refractivity contribution is 0.0513. The first-order chi connectivity index (χ1) is 9.63. The number of fused-ring (bicyclic) bond motifs is 1. The van der Waals surface area contributed by atoms with Gasteiger partial charge in [0, 0.05) is 12.2 Å². The Hall–Kier alpha value is -1.79. The van der Waals surface area contributed by atoms with E-state index in [4.69, 9.17) is 16.3 Å². The zero-order chi connectivity index (χ0) is 14.5. The fourth-order valence-electron chi connectivity index (χ4n) is 1.71. The molecule has 0 spiro atoms. The number of nitrogens with one attached hydrogen (secondary N) is 2. The number of benzene rings is 1. The molecule has 0 saturated heterocycles. The van der Waals surface area contributed by atoms with Crippen molar-refractivity contribution in [3.05, 3.63) is 24.0 Å². The zero-order valence-corrected chi connectivity index (χ0v) is 11.8. The molecule has 2 rings (SSSR count). The van der Waals surface area contributed by atoms with Crippen molar-refractivity contribution in [1.29, 1.82) is 0 Å². The summed E-state index contributed by atoms with van der Waals surface area (Å²) in [5, 5.41) is 12.4. The average molecular weight is 298 g/mol. The molecule has 3 N–H and O–H groups in total. The molecule has 1 unspecified atom stereocenters. The number of imidazole rings is 1. The van der Waals surface area contributed by atoms with Gasteiger partial charge in [-0.3, -0.25) is 0 Å². The molecule has 2 aromatic rings. The maximum absolute atomic E-state index is 11.6. The topological polar surface area (TPSA) is 87.2 Å². The van der Waals surface area contributed by atoms with Gasteiger partial charge in [-0.2, -0.15) is 0 Å². The molecule has 0 aliphatic heterocycles. The molecule has 6 nitrogen and oxygen atoms in total. The molecule has 1 aromatic heterocycles. The fraction of sp³-hybridized carbons (Fsp3) is 0.385. The van der Waals surface area contributed by atoms with Crippen molar-refractivity contribution in [3.63, 3.8) is 0 Å². The van der Waals surface area contributed by atoms with Gasteiger partial charge in [0.05, 0.1) is 29.6 Å². The molecule has 0 radical (unpaired) electrons. The third-order valence-electron chi connectivity index (χ3n) is 2.67. The number of halogens is 1. The van der Waals surface area contributed by atoms with Crippen LogP contribution < -0.4 is 5.32 Å². The van der Waals surface area contributed by atoms with Gasteiger partial charge in [-0.15, -0.1) is 11.6 Å². The molecule has 20 heavy (non-hydrogen) atoms. The highest BCUT2D eigenvalue weighted by atomic mass is 35.5. The number of alkyl halides is 1. The molecule has 0 saturated carbocycles. The number of aliphatic hydroxyl groups is 1. The summed E-state index contributed by atoms with van der Waals surface area (Å²) in [5.41, 5.74) is 2.20. The number of aliphatic hydroxyl groups excluding tert-OH is 1. The van der Waals surface area contributed by atoms with Crippen LogP contribution in [0.5, 0.6) is 0 Å². The van der Waals surface area contributed by atoms with Gasteiger partial charge in [0.2, 0.25) is 5.82 Å². The first-order valence-corrected chi connectivity index (χ1v) is 6.82. The Kier molecular flexibility index (Phi) is 4.81. The minimum absolute atomic E-state index is 0.173. The van der Waals surface area contributed by atoms with E-state index in [0.717, 1.165) is 11.2 Å². The molecular weight excluding hydrogens is 282 g/mol. The van der Waals surface area contributed by atoms with E-state index in [1.165, 1.54) is 0 Å². The van der Waals surface area contributed by atoms with Crippen LogP contribution in [0.3, 0.4) is 0 Å². The van der Waals surface area contributed by atoms with Crippen molar-refractivity contribution in [1.82, 2.24) is 9.97 Å². The summed E-state index contributed by atoms with van der Waals surface area (Å²) in [6.45, 7) is 2.40. The average Bonchev–Trinajstić information content (AvgIpc) is 2.88. The second kappa shape index (κ2) is 6.58. The predicted octanol–water partition coefficient (Wildman–Crippen LogP) is 1.75. The van der Waals surface area contributed by atoms with Crippen LogP contribution in [0.15, 0.2) is 18.2 Å². The van der Waals surface area contributed by atoms with E-state index in [-0.39, 0.29) is 11.7 Å². The Labute approximate surface area is 121 Å². The number of aromatic nitrogens is 2. The third-order valence-corrected chi connectivity index (χ3v) is 3.03. The Morgan fingerprint density at radius 1 is 1.60 bits per heavy atom. The highest BCUT2D eigenvalue weighted by Gasteiger charge is 2.12. The minimum Gasteiger partial charge on any atom is -0.460 e. The smallest absolute Gasteiger partial charge is 0.374 e. The maximum atomic E-state index is 11.6.